The van der Waals surface area contributed by atoms with Gasteiger partial charge in [-0.2, -0.15) is 0 Å². The molecule has 10 nitrogen and oxygen atoms in total. The summed E-state index contributed by atoms with van der Waals surface area (Å²) in [5.74, 6) is 2.57. The number of methoxy groups -OCH3 is 2. The zero-order valence-corrected chi connectivity index (χ0v) is 21.5. The smallest absolute Gasteiger partial charge is 0.259 e. The van der Waals surface area contributed by atoms with Gasteiger partial charge in [-0.1, -0.05) is 18.2 Å². The van der Waals surface area contributed by atoms with Crippen molar-refractivity contribution in [1.82, 2.24) is 33.9 Å². The summed E-state index contributed by atoms with van der Waals surface area (Å²) in [7, 11) is 3.26. The van der Waals surface area contributed by atoms with Gasteiger partial charge < -0.3 is 14.5 Å². The van der Waals surface area contributed by atoms with Crippen molar-refractivity contribution in [1.29, 1.82) is 0 Å². The molecule has 5 aromatic heterocycles. The van der Waals surface area contributed by atoms with E-state index in [9.17, 15) is 4.79 Å². The minimum atomic E-state index is -0.223. The molecular formula is C29H23N7O3. The number of hydrogen-bond donors (Lipinski definition) is 1. The third-order valence-electron chi connectivity index (χ3n) is 7.01. The molecule has 1 N–H and O–H groups in total. The van der Waals surface area contributed by atoms with Crippen molar-refractivity contribution in [2.24, 2.45) is 0 Å². The molecule has 1 aliphatic carbocycles. The molecule has 0 aliphatic heterocycles. The quantitative estimate of drug-likeness (QED) is 0.350. The zero-order valence-electron chi connectivity index (χ0n) is 21.5. The second-order valence-corrected chi connectivity index (χ2v) is 9.32. The first-order valence-corrected chi connectivity index (χ1v) is 12.4. The molecule has 0 saturated carbocycles. The Kier molecular flexibility index (Phi) is 5.09. The van der Waals surface area contributed by atoms with Crippen LogP contribution in [0.3, 0.4) is 0 Å². The second-order valence-electron chi connectivity index (χ2n) is 9.32. The molecule has 192 valence electrons. The zero-order chi connectivity index (χ0) is 26.7. The fourth-order valence-corrected chi connectivity index (χ4v) is 5.11. The van der Waals surface area contributed by atoms with E-state index in [0.717, 1.165) is 39.3 Å². The van der Waals surface area contributed by atoms with E-state index in [-0.39, 0.29) is 5.56 Å². The number of ether oxygens (including phenoxy) is 2. The normalized spacial score (nSPS) is 12.7. The van der Waals surface area contributed by atoms with Gasteiger partial charge in [0.15, 0.2) is 5.65 Å². The average molecular weight is 518 g/mol. The maximum atomic E-state index is 13.4. The summed E-state index contributed by atoms with van der Waals surface area (Å²) < 4.78 is 15.0. The Bertz CT molecular complexity index is 2060. The molecule has 1 aliphatic rings. The van der Waals surface area contributed by atoms with Gasteiger partial charge in [0.25, 0.3) is 5.56 Å². The van der Waals surface area contributed by atoms with Crippen LogP contribution in [0.2, 0.25) is 0 Å². The number of nitrogens with zero attached hydrogens (tertiary/aromatic N) is 6. The van der Waals surface area contributed by atoms with Crippen LogP contribution < -0.4 is 15.0 Å². The molecule has 6 aromatic rings. The summed E-state index contributed by atoms with van der Waals surface area (Å²) in [6, 6.07) is 7.58. The lowest BCUT2D eigenvalue weighted by atomic mass is 9.98. The Hall–Kier alpha value is -5.25. The highest BCUT2D eigenvalue weighted by Crippen LogP contribution is 2.32. The second kappa shape index (κ2) is 8.66. The fraction of sp³-hybridized carbons (Fsp3) is 0.138. The Balaban J connectivity index is 1.44. The number of nitrogens with one attached hydrogen (secondary N) is 1. The van der Waals surface area contributed by atoms with Gasteiger partial charge in [-0.25, -0.2) is 15.0 Å². The fourth-order valence-electron chi connectivity index (χ4n) is 5.11. The molecule has 0 amide bonds. The van der Waals surface area contributed by atoms with Gasteiger partial charge in [-0.3, -0.25) is 18.7 Å². The summed E-state index contributed by atoms with van der Waals surface area (Å²) >= 11 is 0. The van der Waals surface area contributed by atoms with Crippen molar-refractivity contribution in [2.75, 3.05) is 14.2 Å². The van der Waals surface area contributed by atoms with Crippen LogP contribution >= 0.6 is 0 Å². The van der Waals surface area contributed by atoms with Crippen LogP contribution in [0.5, 0.6) is 11.5 Å². The van der Waals surface area contributed by atoms with Gasteiger partial charge in [0, 0.05) is 41.3 Å². The largest absolute Gasteiger partial charge is 0.497 e. The Morgan fingerprint density at radius 3 is 2.69 bits per heavy atom. The van der Waals surface area contributed by atoms with Crippen molar-refractivity contribution in [2.45, 2.75) is 13.5 Å². The summed E-state index contributed by atoms with van der Waals surface area (Å²) in [6.45, 7) is 2.41. The highest BCUT2D eigenvalue weighted by molar-refractivity contribution is 5.97. The van der Waals surface area contributed by atoms with E-state index in [1.54, 1.807) is 32.8 Å². The molecule has 0 bridgehead atoms. The monoisotopic (exact) mass is 517 g/mol. The predicted octanol–water partition coefficient (Wildman–Crippen LogP) is 4.31. The van der Waals surface area contributed by atoms with Gasteiger partial charge >= 0.3 is 0 Å². The number of aromatic nitrogens is 7. The minimum absolute atomic E-state index is 0.223. The molecule has 10 heteroatoms. The highest BCUT2D eigenvalue weighted by Gasteiger charge is 2.21. The number of rotatable bonds is 6. The van der Waals surface area contributed by atoms with Crippen molar-refractivity contribution in [3.8, 4) is 22.9 Å². The Morgan fingerprint density at radius 1 is 1.05 bits per heavy atom. The van der Waals surface area contributed by atoms with Gasteiger partial charge in [-0.05, 0) is 30.7 Å². The first kappa shape index (κ1) is 22.9. The molecule has 7 rings (SSSR count). The van der Waals surface area contributed by atoms with Crippen molar-refractivity contribution in [3.05, 3.63) is 94.5 Å². The lowest BCUT2D eigenvalue weighted by Gasteiger charge is -2.12. The van der Waals surface area contributed by atoms with Crippen molar-refractivity contribution in [3.63, 3.8) is 0 Å². The summed E-state index contributed by atoms with van der Waals surface area (Å²) in [5.41, 5.74) is 6.05. The molecule has 0 unspecified atom stereocenters. The predicted molar refractivity (Wildman–Crippen MR) is 148 cm³/mol. The van der Waals surface area contributed by atoms with Gasteiger partial charge in [0.2, 0.25) is 5.78 Å². The van der Waals surface area contributed by atoms with Gasteiger partial charge in [0.1, 0.15) is 22.8 Å². The van der Waals surface area contributed by atoms with Crippen LogP contribution in [0, 0.1) is 6.92 Å². The summed E-state index contributed by atoms with van der Waals surface area (Å²) in [5, 5.41) is 0.516. The number of fused-ring (bicyclic) bond motifs is 4. The van der Waals surface area contributed by atoms with Crippen LogP contribution in [0.1, 0.15) is 16.8 Å². The van der Waals surface area contributed by atoms with E-state index in [1.807, 2.05) is 64.6 Å². The molecular weight excluding hydrogens is 494 g/mol. The van der Waals surface area contributed by atoms with E-state index >= 15 is 0 Å². The molecule has 0 atom stereocenters. The topological polar surface area (TPSA) is 112 Å². The molecule has 0 radical (unpaired) electrons. The SMILES string of the molecule is COc1ccc(Cn2c3nccc(-c4nc5cncc(C6=CC=C6)c5c(=O)[nH]4)c3n3cc(C)nc23)c(OC)c1. The lowest BCUT2D eigenvalue weighted by molar-refractivity contribution is 0.390. The van der Waals surface area contributed by atoms with Crippen LogP contribution in [-0.4, -0.2) is 48.1 Å². The van der Waals surface area contributed by atoms with Crippen LogP contribution in [0.4, 0.5) is 0 Å². The number of H-pyrrole nitrogens is 1. The van der Waals surface area contributed by atoms with Crippen molar-refractivity contribution >= 4 is 33.4 Å². The molecule has 39 heavy (non-hydrogen) atoms. The van der Waals surface area contributed by atoms with E-state index < -0.39 is 0 Å². The van der Waals surface area contributed by atoms with E-state index in [0.29, 0.717) is 40.4 Å². The molecule has 0 saturated heterocycles. The third kappa shape index (κ3) is 3.52. The summed E-state index contributed by atoms with van der Waals surface area (Å²) in [6.07, 6.45) is 12.8. The Labute approximate surface area is 221 Å². The molecule has 0 spiro atoms. The molecule has 0 fully saturated rings. The number of benzene rings is 1. The highest BCUT2D eigenvalue weighted by atomic mass is 16.5. The minimum Gasteiger partial charge on any atom is -0.497 e. The number of aryl methyl sites for hydroxylation is 1. The van der Waals surface area contributed by atoms with Crippen molar-refractivity contribution < 1.29 is 9.47 Å². The number of aromatic amines is 1. The number of pyridine rings is 2. The third-order valence-corrected chi connectivity index (χ3v) is 7.01. The number of imidazole rings is 2. The van der Waals surface area contributed by atoms with Crippen LogP contribution in [-0.2, 0) is 6.54 Å². The Morgan fingerprint density at radius 2 is 1.92 bits per heavy atom. The maximum Gasteiger partial charge on any atom is 0.259 e. The van der Waals surface area contributed by atoms with Gasteiger partial charge in [-0.15, -0.1) is 0 Å². The van der Waals surface area contributed by atoms with E-state index in [1.165, 1.54) is 0 Å². The maximum absolute atomic E-state index is 13.4. The molecule has 1 aromatic carbocycles. The molecule has 5 heterocycles. The average Bonchev–Trinajstić information content (AvgIpc) is 3.43. The van der Waals surface area contributed by atoms with E-state index in [4.69, 9.17) is 24.4 Å². The first-order chi connectivity index (χ1) is 19.1. The van der Waals surface area contributed by atoms with Gasteiger partial charge in [0.05, 0.1) is 43.6 Å². The number of allylic oxidation sites excluding steroid dienone is 4. The van der Waals surface area contributed by atoms with Crippen LogP contribution in [0.15, 0.2) is 72.1 Å². The first-order valence-electron chi connectivity index (χ1n) is 12.4. The summed E-state index contributed by atoms with van der Waals surface area (Å²) in [4.78, 5) is 35.1. The number of hydrogen-bond acceptors (Lipinski definition) is 7. The standard InChI is InChI=1S/C29H23N7O3/c1-16-14-35-25-20(26-33-22-13-30-12-21(17-5-4-6-17)24(22)28(37)34-26)9-10-31-27(25)36(29(35)32-16)15-18-7-8-19(38-2)11-23(18)39-3/h4-14H,15H2,1-3H3,(H,33,34,37). The van der Waals surface area contributed by atoms with Crippen LogP contribution in [0.25, 0.3) is 44.8 Å². The lowest BCUT2D eigenvalue weighted by Crippen LogP contribution is -2.12. The van der Waals surface area contributed by atoms with E-state index in [2.05, 4.69) is 9.97 Å².